The van der Waals surface area contributed by atoms with Gasteiger partial charge in [-0.1, -0.05) is 12.1 Å². The Kier molecular flexibility index (Phi) is 6.84. The van der Waals surface area contributed by atoms with E-state index in [1.165, 1.54) is 29.6 Å². The molecule has 0 aliphatic carbocycles. The molecular formula is C21H27N3O5S. The molecule has 3 rings (SSSR count). The lowest BCUT2D eigenvalue weighted by Gasteiger charge is -2.36. The van der Waals surface area contributed by atoms with Gasteiger partial charge in [0.05, 0.1) is 30.4 Å². The van der Waals surface area contributed by atoms with Gasteiger partial charge >= 0.3 is 0 Å². The number of carbonyl (C=O) groups excluding carboxylic acids is 1. The topological polar surface area (TPSA) is 88.2 Å². The zero-order valence-electron chi connectivity index (χ0n) is 17.4. The maximum atomic E-state index is 13.2. The Morgan fingerprint density at radius 1 is 1.00 bits per heavy atom. The van der Waals surface area contributed by atoms with Gasteiger partial charge in [-0.15, -0.1) is 0 Å². The van der Waals surface area contributed by atoms with Crippen LogP contribution in [0.3, 0.4) is 0 Å². The van der Waals surface area contributed by atoms with Crippen molar-refractivity contribution in [3.05, 3.63) is 48.0 Å². The van der Waals surface area contributed by atoms with Crippen LogP contribution in [0.4, 0.5) is 5.69 Å². The first-order valence-corrected chi connectivity index (χ1v) is 11.2. The number of anilines is 1. The van der Waals surface area contributed by atoms with Crippen LogP contribution in [-0.2, 0) is 10.0 Å². The molecule has 0 saturated carbocycles. The summed E-state index contributed by atoms with van der Waals surface area (Å²) in [5.41, 5.74) is 1.15. The van der Waals surface area contributed by atoms with Gasteiger partial charge in [0, 0.05) is 32.7 Å². The SMILES string of the molecule is CCNC(=O)c1cc(S(=O)(=O)N2CCN(c3ccccc3OC)CC2)ccc1OC. The monoisotopic (exact) mass is 433 g/mol. The largest absolute Gasteiger partial charge is 0.496 e. The molecule has 0 aromatic heterocycles. The second-order valence-corrected chi connectivity index (χ2v) is 8.72. The van der Waals surface area contributed by atoms with E-state index in [2.05, 4.69) is 10.2 Å². The highest BCUT2D eigenvalue weighted by molar-refractivity contribution is 7.89. The smallest absolute Gasteiger partial charge is 0.255 e. The first-order chi connectivity index (χ1) is 14.4. The van der Waals surface area contributed by atoms with E-state index >= 15 is 0 Å². The summed E-state index contributed by atoms with van der Waals surface area (Å²) in [7, 11) is -0.671. The minimum absolute atomic E-state index is 0.0790. The summed E-state index contributed by atoms with van der Waals surface area (Å²) >= 11 is 0. The van der Waals surface area contributed by atoms with Gasteiger partial charge in [0.25, 0.3) is 5.91 Å². The van der Waals surface area contributed by atoms with Crippen molar-refractivity contribution in [1.82, 2.24) is 9.62 Å². The standard InChI is InChI=1S/C21H27N3O5S/c1-4-22-21(25)17-15-16(9-10-19(17)28-2)30(26,27)24-13-11-23(12-14-24)18-7-5-6-8-20(18)29-3/h5-10,15H,4,11-14H2,1-3H3,(H,22,25). The minimum atomic E-state index is -3.74. The third-order valence-corrected chi connectivity index (χ3v) is 6.95. The molecular weight excluding hydrogens is 406 g/mol. The van der Waals surface area contributed by atoms with E-state index in [0.717, 1.165) is 11.4 Å². The van der Waals surface area contributed by atoms with E-state index in [4.69, 9.17) is 9.47 Å². The number of sulfonamides is 1. The number of carbonyl (C=O) groups is 1. The lowest BCUT2D eigenvalue weighted by atomic mass is 10.2. The Balaban J connectivity index is 1.80. The number of piperazine rings is 1. The maximum Gasteiger partial charge on any atom is 0.255 e. The molecule has 0 atom stereocenters. The van der Waals surface area contributed by atoms with Crippen LogP contribution >= 0.6 is 0 Å². The van der Waals surface area contributed by atoms with E-state index < -0.39 is 10.0 Å². The van der Waals surface area contributed by atoms with E-state index in [9.17, 15) is 13.2 Å². The number of hydrogen-bond acceptors (Lipinski definition) is 6. The van der Waals surface area contributed by atoms with Gasteiger partial charge in [-0.25, -0.2) is 8.42 Å². The van der Waals surface area contributed by atoms with Crippen molar-refractivity contribution < 1.29 is 22.7 Å². The Morgan fingerprint density at radius 3 is 2.30 bits per heavy atom. The number of benzene rings is 2. The van der Waals surface area contributed by atoms with Crippen molar-refractivity contribution in [2.45, 2.75) is 11.8 Å². The predicted molar refractivity (Wildman–Crippen MR) is 115 cm³/mol. The fourth-order valence-electron chi connectivity index (χ4n) is 3.49. The van der Waals surface area contributed by atoms with Crippen LogP contribution < -0.4 is 19.7 Å². The molecule has 8 nitrogen and oxygen atoms in total. The van der Waals surface area contributed by atoms with Gasteiger partial charge < -0.3 is 19.7 Å². The number of nitrogens with one attached hydrogen (secondary N) is 1. The zero-order chi connectivity index (χ0) is 21.7. The van der Waals surface area contributed by atoms with Crippen LogP contribution in [0.5, 0.6) is 11.5 Å². The number of hydrogen-bond donors (Lipinski definition) is 1. The van der Waals surface area contributed by atoms with Gasteiger partial charge in [-0.05, 0) is 37.3 Å². The molecule has 30 heavy (non-hydrogen) atoms. The summed E-state index contributed by atoms with van der Waals surface area (Å²) < 4.78 is 38.5. The minimum Gasteiger partial charge on any atom is -0.496 e. The fraction of sp³-hybridized carbons (Fsp3) is 0.381. The molecule has 0 radical (unpaired) electrons. The predicted octanol–water partition coefficient (Wildman–Crippen LogP) is 1.96. The van der Waals surface area contributed by atoms with Crippen molar-refractivity contribution in [1.29, 1.82) is 0 Å². The number of nitrogens with zero attached hydrogens (tertiary/aromatic N) is 2. The van der Waals surface area contributed by atoms with Gasteiger partial charge in [0.15, 0.2) is 0 Å². The molecule has 0 unspecified atom stereocenters. The molecule has 1 fully saturated rings. The molecule has 1 amide bonds. The molecule has 9 heteroatoms. The first-order valence-electron chi connectivity index (χ1n) is 9.76. The highest BCUT2D eigenvalue weighted by atomic mass is 32.2. The fourth-order valence-corrected chi connectivity index (χ4v) is 4.94. The molecule has 1 aliphatic heterocycles. The highest BCUT2D eigenvalue weighted by Crippen LogP contribution is 2.30. The van der Waals surface area contributed by atoms with Gasteiger partial charge in [-0.2, -0.15) is 4.31 Å². The maximum absolute atomic E-state index is 13.2. The van der Waals surface area contributed by atoms with Crippen LogP contribution in [0.2, 0.25) is 0 Å². The van der Waals surface area contributed by atoms with Crippen LogP contribution in [0, 0.1) is 0 Å². The van der Waals surface area contributed by atoms with E-state index in [0.29, 0.717) is 38.5 Å². The third kappa shape index (κ3) is 4.36. The summed E-state index contributed by atoms with van der Waals surface area (Å²) in [5, 5.41) is 2.68. The molecule has 0 spiro atoms. The number of ether oxygens (including phenoxy) is 2. The van der Waals surface area contributed by atoms with Crippen molar-refractivity contribution in [2.24, 2.45) is 0 Å². The second-order valence-electron chi connectivity index (χ2n) is 6.78. The number of para-hydroxylation sites is 2. The molecule has 0 bridgehead atoms. The molecule has 2 aromatic carbocycles. The normalized spacial score (nSPS) is 15.0. The number of amides is 1. The highest BCUT2D eigenvalue weighted by Gasteiger charge is 2.30. The molecule has 1 N–H and O–H groups in total. The van der Waals surface area contributed by atoms with Crippen LogP contribution in [0.15, 0.2) is 47.4 Å². The van der Waals surface area contributed by atoms with Gasteiger partial charge in [-0.3, -0.25) is 4.79 Å². The molecule has 1 aliphatic rings. The average Bonchev–Trinajstić information content (AvgIpc) is 2.78. The Morgan fingerprint density at radius 2 is 1.67 bits per heavy atom. The number of rotatable bonds is 7. The summed E-state index contributed by atoms with van der Waals surface area (Å²) in [6.07, 6.45) is 0. The van der Waals surface area contributed by atoms with E-state index in [1.54, 1.807) is 14.0 Å². The average molecular weight is 434 g/mol. The van der Waals surface area contributed by atoms with Crippen LogP contribution in [0.1, 0.15) is 17.3 Å². The van der Waals surface area contributed by atoms with Gasteiger partial charge in [0.1, 0.15) is 11.5 Å². The molecule has 1 saturated heterocycles. The molecule has 2 aromatic rings. The summed E-state index contributed by atoms with van der Waals surface area (Å²) in [6.45, 7) is 3.99. The lowest BCUT2D eigenvalue weighted by Crippen LogP contribution is -2.48. The second kappa shape index (κ2) is 9.36. The lowest BCUT2D eigenvalue weighted by molar-refractivity contribution is 0.0952. The molecule has 1 heterocycles. The van der Waals surface area contributed by atoms with Crippen LogP contribution in [0.25, 0.3) is 0 Å². The van der Waals surface area contributed by atoms with E-state index in [1.807, 2.05) is 24.3 Å². The zero-order valence-corrected chi connectivity index (χ0v) is 18.2. The van der Waals surface area contributed by atoms with Gasteiger partial charge in [0.2, 0.25) is 10.0 Å². The number of methoxy groups -OCH3 is 2. The first kappa shape index (κ1) is 21.9. The van der Waals surface area contributed by atoms with Crippen molar-refractivity contribution in [3.8, 4) is 11.5 Å². The Bertz CT molecular complexity index is 1000. The summed E-state index contributed by atoms with van der Waals surface area (Å²) in [4.78, 5) is 14.5. The van der Waals surface area contributed by atoms with Crippen molar-refractivity contribution >= 4 is 21.6 Å². The van der Waals surface area contributed by atoms with Crippen LogP contribution in [-0.4, -0.2) is 65.6 Å². The quantitative estimate of drug-likeness (QED) is 0.718. The van der Waals surface area contributed by atoms with E-state index in [-0.39, 0.29) is 16.4 Å². The Hall–Kier alpha value is -2.78. The summed E-state index contributed by atoms with van der Waals surface area (Å²) in [6, 6.07) is 12.1. The van der Waals surface area contributed by atoms with Crippen molar-refractivity contribution in [2.75, 3.05) is 51.8 Å². The third-order valence-electron chi connectivity index (χ3n) is 5.06. The summed E-state index contributed by atoms with van der Waals surface area (Å²) in [5.74, 6) is 0.726. The molecule has 162 valence electrons. The van der Waals surface area contributed by atoms with Crippen molar-refractivity contribution in [3.63, 3.8) is 0 Å². The Labute approximate surface area is 177 Å².